The third-order valence-electron chi connectivity index (χ3n) is 5.14. The van der Waals surface area contributed by atoms with Crippen LogP contribution in [-0.2, 0) is 37.4 Å². The summed E-state index contributed by atoms with van der Waals surface area (Å²) in [6.45, 7) is 6.20. The van der Waals surface area contributed by atoms with Crippen LogP contribution in [0.3, 0.4) is 0 Å². The SMILES string of the molecule is COCCOCc1cncc(S(=O)(=O)n2cc(CN(C)C(=O)OC(C)(C)C)cc2-c2ccccc2F)c1. The van der Waals surface area contributed by atoms with E-state index in [2.05, 4.69) is 4.98 Å². The number of amides is 1. The lowest BCUT2D eigenvalue weighted by molar-refractivity contribution is 0.0285. The van der Waals surface area contributed by atoms with E-state index in [4.69, 9.17) is 14.2 Å². The average Bonchev–Trinajstić information content (AvgIpc) is 3.25. The van der Waals surface area contributed by atoms with Gasteiger partial charge in [-0.3, -0.25) is 4.98 Å². The van der Waals surface area contributed by atoms with E-state index < -0.39 is 27.5 Å². The normalized spacial score (nSPS) is 11.9. The molecule has 0 bridgehead atoms. The first-order chi connectivity index (χ1) is 17.4. The molecule has 0 aliphatic heterocycles. The average molecular weight is 534 g/mol. The van der Waals surface area contributed by atoms with Crippen LogP contribution in [-0.4, -0.2) is 61.3 Å². The summed E-state index contributed by atoms with van der Waals surface area (Å²) in [5.41, 5.74) is 0.560. The molecular formula is C26H32FN3O6S. The lowest BCUT2D eigenvalue weighted by Crippen LogP contribution is -2.33. The quantitative estimate of drug-likeness (QED) is 0.355. The Balaban J connectivity index is 1.99. The molecule has 2 heterocycles. The number of hydrogen-bond acceptors (Lipinski definition) is 7. The first-order valence-corrected chi connectivity index (χ1v) is 13.0. The van der Waals surface area contributed by atoms with Crippen LogP contribution in [0.25, 0.3) is 11.3 Å². The maximum atomic E-state index is 14.8. The summed E-state index contributed by atoms with van der Waals surface area (Å²) in [4.78, 5) is 17.8. The van der Waals surface area contributed by atoms with Gasteiger partial charge in [0.05, 0.1) is 32.1 Å². The van der Waals surface area contributed by atoms with Gasteiger partial charge in [0.2, 0.25) is 0 Å². The number of nitrogens with zero attached hydrogens (tertiary/aromatic N) is 3. The van der Waals surface area contributed by atoms with Gasteiger partial charge < -0.3 is 19.1 Å². The van der Waals surface area contributed by atoms with Gasteiger partial charge in [-0.1, -0.05) is 12.1 Å². The van der Waals surface area contributed by atoms with Crippen molar-refractivity contribution in [1.82, 2.24) is 13.9 Å². The smallest absolute Gasteiger partial charge is 0.410 e. The van der Waals surface area contributed by atoms with Crippen LogP contribution >= 0.6 is 0 Å². The Morgan fingerprint density at radius 2 is 1.84 bits per heavy atom. The maximum absolute atomic E-state index is 14.8. The summed E-state index contributed by atoms with van der Waals surface area (Å²) in [5.74, 6) is -0.581. The summed E-state index contributed by atoms with van der Waals surface area (Å²) in [5, 5.41) is 0. The molecule has 37 heavy (non-hydrogen) atoms. The highest BCUT2D eigenvalue weighted by Crippen LogP contribution is 2.30. The van der Waals surface area contributed by atoms with Crippen molar-refractivity contribution in [3.8, 4) is 11.3 Å². The second-order valence-electron chi connectivity index (χ2n) is 9.42. The van der Waals surface area contributed by atoms with Crippen LogP contribution in [0.4, 0.5) is 9.18 Å². The van der Waals surface area contributed by atoms with E-state index >= 15 is 0 Å². The zero-order chi connectivity index (χ0) is 27.2. The first-order valence-electron chi connectivity index (χ1n) is 11.6. The molecular weight excluding hydrogens is 501 g/mol. The molecule has 0 atom stereocenters. The van der Waals surface area contributed by atoms with Crippen molar-refractivity contribution in [1.29, 1.82) is 0 Å². The van der Waals surface area contributed by atoms with Gasteiger partial charge >= 0.3 is 6.09 Å². The molecule has 200 valence electrons. The van der Waals surface area contributed by atoms with Crippen LogP contribution in [0.1, 0.15) is 31.9 Å². The van der Waals surface area contributed by atoms with Crippen molar-refractivity contribution in [2.45, 2.75) is 44.4 Å². The van der Waals surface area contributed by atoms with E-state index in [0.717, 1.165) is 3.97 Å². The molecule has 3 rings (SSSR count). The molecule has 0 fully saturated rings. The Bertz CT molecular complexity index is 1330. The lowest BCUT2D eigenvalue weighted by atomic mass is 10.1. The summed E-state index contributed by atoms with van der Waals surface area (Å²) in [6, 6.07) is 8.90. The van der Waals surface area contributed by atoms with Crippen LogP contribution < -0.4 is 0 Å². The molecule has 9 nitrogen and oxygen atoms in total. The number of hydrogen-bond donors (Lipinski definition) is 0. The highest BCUT2D eigenvalue weighted by molar-refractivity contribution is 7.90. The zero-order valence-electron chi connectivity index (χ0n) is 21.6. The molecule has 0 unspecified atom stereocenters. The monoisotopic (exact) mass is 533 g/mol. The zero-order valence-corrected chi connectivity index (χ0v) is 22.4. The number of methoxy groups -OCH3 is 1. The van der Waals surface area contributed by atoms with Gasteiger partial charge in [-0.05, 0) is 56.2 Å². The molecule has 1 amide bonds. The Hall–Kier alpha value is -3.28. The van der Waals surface area contributed by atoms with Gasteiger partial charge in [-0.2, -0.15) is 0 Å². The molecule has 0 spiro atoms. The predicted molar refractivity (Wildman–Crippen MR) is 136 cm³/mol. The Morgan fingerprint density at radius 1 is 1.11 bits per heavy atom. The summed E-state index contributed by atoms with van der Waals surface area (Å²) < 4.78 is 59.0. The topological polar surface area (TPSA) is 100.0 Å². The summed E-state index contributed by atoms with van der Waals surface area (Å²) in [6.07, 6.45) is 3.55. The molecule has 0 saturated heterocycles. The number of aromatic nitrogens is 2. The van der Waals surface area contributed by atoms with Crippen molar-refractivity contribution in [2.24, 2.45) is 0 Å². The summed E-state index contributed by atoms with van der Waals surface area (Å²) in [7, 11) is -1.08. The van der Waals surface area contributed by atoms with E-state index in [1.165, 1.54) is 47.8 Å². The van der Waals surface area contributed by atoms with E-state index in [9.17, 15) is 17.6 Å². The standard InChI is InChI=1S/C26H32FN3O6S/c1-26(2,3)36-25(31)29(4)16-20-13-24(22-8-6-7-9-23(22)27)30(17-20)37(32,33)21-12-19(14-28-15-21)18-35-11-10-34-5/h6-9,12-15,17H,10-11,16,18H2,1-5H3. The highest BCUT2D eigenvalue weighted by Gasteiger charge is 2.26. The van der Waals surface area contributed by atoms with Crippen molar-refractivity contribution in [3.05, 3.63) is 71.9 Å². The number of ether oxygens (including phenoxy) is 3. The van der Waals surface area contributed by atoms with Crippen molar-refractivity contribution < 1.29 is 31.8 Å². The molecule has 3 aromatic rings. The van der Waals surface area contributed by atoms with E-state index in [1.54, 1.807) is 47.1 Å². The lowest BCUT2D eigenvalue weighted by Gasteiger charge is -2.24. The number of benzene rings is 1. The number of rotatable bonds is 10. The molecule has 11 heteroatoms. The van der Waals surface area contributed by atoms with Gasteiger partial charge in [0, 0.05) is 38.3 Å². The minimum absolute atomic E-state index is 0.0461. The number of carbonyl (C=O) groups excluding carboxylic acids is 1. The largest absolute Gasteiger partial charge is 0.444 e. The third-order valence-corrected chi connectivity index (χ3v) is 6.78. The fourth-order valence-corrected chi connectivity index (χ4v) is 4.86. The number of pyridine rings is 1. The van der Waals surface area contributed by atoms with Gasteiger partial charge in [0.1, 0.15) is 16.3 Å². The Morgan fingerprint density at radius 3 is 2.51 bits per heavy atom. The second-order valence-corrected chi connectivity index (χ2v) is 11.2. The molecule has 2 aromatic heterocycles. The number of halogens is 1. The minimum Gasteiger partial charge on any atom is -0.444 e. The van der Waals surface area contributed by atoms with Gasteiger partial charge in [-0.25, -0.2) is 21.6 Å². The fraction of sp³-hybridized carbons (Fsp3) is 0.385. The molecule has 1 aromatic carbocycles. The Labute approximate surface area is 216 Å². The first kappa shape index (κ1) is 28.3. The third kappa shape index (κ3) is 7.37. The maximum Gasteiger partial charge on any atom is 0.410 e. The van der Waals surface area contributed by atoms with Crippen molar-refractivity contribution in [3.63, 3.8) is 0 Å². The van der Waals surface area contributed by atoms with E-state index in [0.29, 0.717) is 24.3 Å². The molecule has 0 radical (unpaired) electrons. The fourth-order valence-electron chi connectivity index (χ4n) is 3.46. The molecule has 0 aliphatic rings. The van der Waals surface area contributed by atoms with Crippen LogP contribution in [0, 0.1) is 5.82 Å². The van der Waals surface area contributed by atoms with Crippen molar-refractivity contribution >= 4 is 16.1 Å². The van der Waals surface area contributed by atoms with Crippen LogP contribution in [0.2, 0.25) is 0 Å². The highest BCUT2D eigenvalue weighted by atomic mass is 32.2. The predicted octanol–water partition coefficient (Wildman–Crippen LogP) is 4.46. The minimum atomic E-state index is -4.18. The summed E-state index contributed by atoms with van der Waals surface area (Å²) >= 11 is 0. The molecule has 0 N–H and O–H groups in total. The van der Waals surface area contributed by atoms with E-state index in [-0.39, 0.29) is 29.3 Å². The van der Waals surface area contributed by atoms with Gasteiger partial charge in [0.25, 0.3) is 10.0 Å². The van der Waals surface area contributed by atoms with Crippen LogP contribution in [0.15, 0.2) is 59.9 Å². The van der Waals surface area contributed by atoms with Crippen LogP contribution in [0.5, 0.6) is 0 Å². The number of carbonyl (C=O) groups is 1. The second kappa shape index (κ2) is 11.8. The Kier molecular flexibility index (Phi) is 9.06. The molecule has 0 saturated carbocycles. The van der Waals surface area contributed by atoms with Crippen molar-refractivity contribution in [2.75, 3.05) is 27.4 Å². The van der Waals surface area contributed by atoms with Gasteiger partial charge in [-0.15, -0.1) is 0 Å². The van der Waals surface area contributed by atoms with Gasteiger partial charge in [0.15, 0.2) is 0 Å². The molecule has 0 aliphatic carbocycles. The van der Waals surface area contributed by atoms with E-state index in [1.807, 2.05) is 0 Å².